The standard InChI is InChI=1S/C8H3F5N2O3/c9-7(10)5-3(2-16)1-4(15(17)18)6(14-5)8(11,12)13/h1-2,7H. The summed E-state index contributed by atoms with van der Waals surface area (Å²) in [7, 11) is 0. The summed E-state index contributed by atoms with van der Waals surface area (Å²) in [5, 5.41) is 10.4. The molecule has 0 aliphatic heterocycles. The van der Waals surface area contributed by atoms with Crippen LogP contribution in [0.15, 0.2) is 6.07 Å². The molecule has 0 saturated heterocycles. The maximum atomic E-state index is 12.4. The Morgan fingerprint density at radius 1 is 1.39 bits per heavy atom. The van der Waals surface area contributed by atoms with E-state index < -0.39 is 40.2 Å². The number of aromatic nitrogens is 1. The van der Waals surface area contributed by atoms with Gasteiger partial charge in [0.1, 0.15) is 5.69 Å². The summed E-state index contributed by atoms with van der Waals surface area (Å²) in [5.41, 5.74) is -6.00. The SMILES string of the molecule is O=Cc1cc([N+](=O)[O-])c(C(F)(F)F)nc1C(F)F. The first-order valence-corrected chi connectivity index (χ1v) is 4.18. The van der Waals surface area contributed by atoms with Crippen molar-refractivity contribution in [2.45, 2.75) is 12.6 Å². The van der Waals surface area contributed by atoms with E-state index in [4.69, 9.17) is 0 Å². The fourth-order valence-corrected chi connectivity index (χ4v) is 1.15. The van der Waals surface area contributed by atoms with Crippen molar-refractivity contribution >= 4 is 12.0 Å². The summed E-state index contributed by atoms with van der Waals surface area (Å²) in [6, 6.07) is 0.129. The molecular formula is C8H3F5N2O3. The number of nitrogens with zero attached hydrogens (tertiary/aromatic N) is 2. The molecule has 0 N–H and O–H groups in total. The largest absolute Gasteiger partial charge is 0.440 e. The zero-order valence-corrected chi connectivity index (χ0v) is 8.24. The van der Waals surface area contributed by atoms with Crippen LogP contribution in [0.1, 0.15) is 28.2 Å². The van der Waals surface area contributed by atoms with Crippen molar-refractivity contribution in [3.63, 3.8) is 0 Å². The first-order chi connectivity index (χ1) is 8.18. The van der Waals surface area contributed by atoms with Crippen LogP contribution in [0.3, 0.4) is 0 Å². The minimum absolute atomic E-state index is 0.129. The Hall–Kier alpha value is -2.13. The van der Waals surface area contributed by atoms with Crippen molar-refractivity contribution in [1.29, 1.82) is 0 Å². The second kappa shape index (κ2) is 4.63. The van der Waals surface area contributed by atoms with Crippen LogP contribution >= 0.6 is 0 Å². The Morgan fingerprint density at radius 3 is 2.28 bits per heavy atom. The lowest BCUT2D eigenvalue weighted by Crippen LogP contribution is -2.15. The summed E-state index contributed by atoms with van der Waals surface area (Å²) >= 11 is 0. The van der Waals surface area contributed by atoms with Crippen LogP contribution in [0.4, 0.5) is 27.6 Å². The molecule has 18 heavy (non-hydrogen) atoms. The first-order valence-electron chi connectivity index (χ1n) is 4.18. The Morgan fingerprint density at radius 2 is 1.94 bits per heavy atom. The van der Waals surface area contributed by atoms with E-state index in [2.05, 4.69) is 4.98 Å². The van der Waals surface area contributed by atoms with Gasteiger partial charge in [0, 0.05) is 11.6 Å². The van der Waals surface area contributed by atoms with Crippen LogP contribution in [0.25, 0.3) is 0 Å². The van der Waals surface area contributed by atoms with E-state index in [1.807, 2.05) is 0 Å². The lowest BCUT2D eigenvalue weighted by Gasteiger charge is -2.09. The molecule has 10 heteroatoms. The maximum Gasteiger partial charge on any atom is 0.440 e. The minimum atomic E-state index is -5.27. The van der Waals surface area contributed by atoms with E-state index in [1.54, 1.807) is 0 Å². The number of hydrogen-bond donors (Lipinski definition) is 0. The summed E-state index contributed by atoms with van der Waals surface area (Å²) < 4.78 is 61.9. The Bertz CT molecular complexity index is 500. The third-order valence-electron chi connectivity index (χ3n) is 1.86. The Labute approximate surface area is 95.4 Å². The number of aldehydes is 1. The number of hydrogen-bond acceptors (Lipinski definition) is 4. The third-order valence-corrected chi connectivity index (χ3v) is 1.86. The van der Waals surface area contributed by atoms with Gasteiger partial charge in [0.25, 0.3) is 6.43 Å². The van der Waals surface area contributed by atoms with Gasteiger partial charge < -0.3 is 0 Å². The summed E-state index contributed by atoms with van der Waals surface area (Å²) in [6.07, 6.45) is -8.94. The van der Waals surface area contributed by atoms with Gasteiger partial charge in [-0.3, -0.25) is 14.9 Å². The number of rotatable bonds is 3. The smallest absolute Gasteiger partial charge is 0.298 e. The molecule has 0 saturated carbocycles. The number of halogens is 5. The van der Waals surface area contributed by atoms with E-state index in [0.717, 1.165) is 0 Å². The molecule has 1 rings (SSSR count). The molecule has 5 nitrogen and oxygen atoms in total. The molecule has 1 heterocycles. The molecule has 1 aromatic rings. The molecule has 0 unspecified atom stereocenters. The molecule has 0 bridgehead atoms. The monoisotopic (exact) mass is 270 g/mol. The highest BCUT2D eigenvalue weighted by molar-refractivity contribution is 5.78. The van der Waals surface area contributed by atoms with Crippen molar-refractivity contribution in [3.05, 3.63) is 33.1 Å². The van der Waals surface area contributed by atoms with Crippen LogP contribution in [0.5, 0.6) is 0 Å². The third kappa shape index (κ3) is 2.57. The number of carbonyl (C=O) groups excluding carboxylic acids is 1. The fraction of sp³-hybridized carbons (Fsp3) is 0.250. The van der Waals surface area contributed by atoms with Crippen molar-refractivity contribution in [1.82, 2.24) is 4.98 Å². The summed E-state index contributed by atoms with van der Waals surface area (Å²) in [6.45, 7) is 0. The minimum Gasteiger partial charge on any atom is -0.298 e. The van der Waals surface area contributed by atoms with Crippen molar-refractivity contribution in [2.24, 2.45) is 0 Å². The molecule has 0 fully saturated rings. The molecule has 0 amide bonds. The van der Waals surface area contributed by atoms with Gasteiger partial charge in [0.15, 0.2) is 6.29 Å². The fourth-order valence-electron chi connectivity index (χ4n) is 1.15. The highest BCUT2D eigenvalue weighted by atomic mass is 19.4. The van der Waals surface area contributed by atoms with Gasteiger partial charge in [-0.15, -0.1) is 0 Å². The topological polar surface area (TPSA) is 73.1 Å². The van der Waals surface area contributed by atoms with E-state index in [0.29, 0.717) is 0 Å². The molecule has 0 radical (unpaired) electrons. The summed E-state index contributed by atoms with van der Waals surface area (Å²) in [5.74, 6) is 0. The Balaban J connectivity index is 3.63. The average Bonchev–Trinajstić information content (AvgIpc) is 2.25. The van der Waals surface area contributed by atoms with Crippen LogP contribution in [0.2, 0.25) is 0 Å². The molecule has 0 spiro atoms. The number of nitro groups is 1. The predicted molar refractivity (Wildman–Crippen MR) is 46.2 cm³/mol. The molecule has 0 aromatic carbocycles. The van der Waals surface area contributed by atoms with Gasteiger partial charge in [0.2, 0.25) is 5.69 Å². The number of pyridine rings is 1. The van der Waals surface area contributed by atoms with Crippen molar-refractivity contribution < 1.29 is 31.7 Å². The van der Waals surface area contributed by atoms with Crippen LogP contribution in [-0.4, -0.2) is 16.2 Å². The first kappa shape index (κ1) is 13.9. The molecule has 0 aliphatic rings. The lowest BCUT2D eigenvalue weighted by atomic mass is 10.1. The zero-order valence-electron chi connectivity index (χ0n) is 8.24. The van der Waals surface area contributed by atoms with E-state index >= 15 is 0 Å². The van der Waals surface area contributed by atoms with Crippen LogP contribution < -0.4 is 0 Å². The van der Waals surface area contributed by atoms with Gasteiger partial charge in [-0.05, 0) is 0 Å². The highest BCUT2D eigenvalue weighted by Gasteiger charge is 2.42. The molecular weight excluding hydrogens is 267 g/mol. The second-order valence-electron chi connectivity index (χ2n) is 3.00. The van der Waals surface area contributed by atoms with Gasteiger partial charge in [-0.1, -0.05) is 0 Å². The van der Waals surface area contributed by atoms with Crippen LogP contribution in [-0.2, 0) is 6.18 Å². The van der Waals surface area contributed by atoms with E-state index in [-0.39, 0.29) is 12.4 Å². The van der Waals surface area contributed by atoms with Gasteiger partial charge in [0.05, 0.1) is 4.92 Å². The quantitative estimate of drug-likeness (QED) is 0.366. The maximum absolute atomic E-state index is 12.4. The Kier molecular flexibility index (Phi) is 3.58. The van der Waals surface area contributed by atoms with Gasteiger partial charge in [-0.2, -0.15) is 13.2 Å². The van der Waals surface area contributed by atoms with Gasteiger partial charge >= 0.3 is 11.9 Å². The van der Waals surface area contributed by atoms with Crippen LogP contribution in [0, 0.1) is 10.1 Å². The molecule has 0 aliphatic carbocycles. The van der Waals surface area contributed by atoms with E-state index in [9.17, 15) is 36.9 Å². The van der Waals surface area contributed by atoms with Crippen molar-refractivity contribution in [3.8, 4) is 0 Å². The zero-order chi connectivity index (χ0) is 14.1. The van der Waals surface area contributed by atoms with E-state index in [1.165, 1.54) is 0 Å². The summed E-state index contributed by atoms with van der Waals surface area (Å²) in [4.78, 5) is 21.8. The van der Waals surface area contributed by atoms with Gasteiger partial charge in [-0.25, -0.2) is 13.8 Å². The normalized spacial score (nSPS) is 11.7. The second-order valence-corrected chi connectivity index (χ2v) is 3.00. The predicted octanol–water partition coefficient (Wildman–Crippen LogP) is 2.76. The average molecular weight is 270 g/mol. The number of alkyl halides is 5. The molecule has 0 atom stereocenters. The molecule has 98 valence electrons. The lowest BCUT2D eigenvalue weighted by molar-refractivity contribution is -0.388. The molecule has 1 aromatic heterocycles. The highest BCUT2D eigenvalue weighted by Crippen LogP contribution is 2.36. The van der Waals surface area contributed by atoms with Crippen molar-refractivity contribution in [2.75, 3.05) is 0 Å². The number of carbonyl (C=O) groups is 1.